The van der Waals surface area contributed by atoms with Gasteiger partial charge in [-0.1, -0.05) is 87.5 Å². The van der Waals surface area contributed by atoms with Crippen LogP contribution in [0.1, 0.15) is 56.4 Å². The number of rotatable bonds is 14. The second kappa shape index (κ2) is 17.6. The molecule has 1 amide bonds. The summed E-state index contributed by atoms with van der Waals surface area (Å²) in [5, 5.41) is 25.5. The normalized spacial score (nSPS) is 18.5. The molecule has 12 nitrogen and oxygen atoms in total. The topological polar surface area (TPSA) is 153 Å². The van der Waals surface area contributed by atoms with Gasteiger partial charge in [0.25, 0.3) is 0 Å². The first-order valence-electron chi connectivity index (χ1n) is 21.6. The number of hydrogen-bond acceptors (Lipinski definition) is 8. The average Bonchev–Trinajstić information content (AvgIpc) is 3.56. The number of piperidine rings is 3. The van der Waals surface area contributed by atoms with Gasteiger partial charge in [-0.2, -0.15) is 0 Å². The van der Waals surface area contributed by atoms with Gasteiger partial charge < -0.3 is 34.3 Å². The van der Waals surface area contributed by atoms with E-state index < -0.39 is 20.2 Å². The van der Waals surface area contributed by atoms with Crippen LogP contribution in [-0.2, 0) is 17.4 Å². The van der Waals surface area contributed by atoms with Crippen molar-refractivity contribution in [3.63, 3.8) is 0 Å². The van der Waals surface area contributed by atoms with Gasteiger partial charge in [-0.25, -0.2) is 9.59 Å². The molecule has 6 aromatic rings. The lowest BCUT2D eigenvalue weighted by Gasteiger charge is -2.48. The predicted molar refractivity (Wildman–Crippen MR) is 249 cm³/mol. The number of hydrogen-bond donors (Lipinski definition) is 4. The summed E-state index contributed by atoms with van der Waals surface area (Å²) in [6.07, 6.45) is 5.24. The minimum atomic E-state index is -2.23. The zero-order valence-corrected chi connectivity index (χ0v) is 37.2. The molecule has 0 radical (unpaired) electrons. The molecular formula is C49H57N5O7Si. The van der Waals surface area contributed by atoms with Gasteiger partial charge in [0.05, 0.1) is 28.9 Å². The van der Waals surface area contributed by atoms with E-state index in [-0.39, 0.29) is 35.0 Å². The first-order valence-corrected chi connectivity index (χ1v) is 24.5. The van der Waals surface area contributed by atoms with Crippen molar-refractivity contribution in [1.82, 2.24) is 19.8 Å². The Morgan fingerprint density at radius 2 is 1.79 bits per heavy atom. The molecule has 4 N–H and O–H groups in total. The van der Waals surface area contributed by atoms with Gasteiger partial charge in [-0.05, 0) is 116 Å². The third-order valence-electron chi connectivity index (χ3n) is 13.3. The van der Waals surface area contributed by atoms with Gasteiger partial charge in [0, 0.05) is 36.7 Å². The van der Waals surface area contributed by atoms with E-state index in [4.69, 9.17) is 8.84 Å². The number of oxazole rings is 1. The number of allylic oxidation sites excluding steroid dienone is 1. The van der Waals surface area contributed by atoms with E-state index in [1.807, 2.05) is 84.9 Å². The average molecular weight is 856 g/mol. The number of carboxylic acid groups (broad SMARTS) is 1. The van der Waals surface area contributed by atoms with Gasteiger partial charge in [-0.15, -0.1) is 0 Å². The van der Waals surface area contributed by atoms with Crippen LogP contribution >= 0.6 is 0 Å². The standard InChI is InChI=1S/C49H57N5O7Si/c1-49(2,3)62(4,5)61-44(37-16-19-42(55)46-38(37)17-20-45(56)51-46)30-50-24-21-33-14-18-39-43(29-33)60-48(59)53(39)25-9-10-32-13-15-36(34-11-7-6-8-12-34)40(28-32)54(47(57)58)41-31-52-26-22-35(41)23-27-52/h6-20,28-29,35,41,44,50,55H,21-27,30-31H2,1-5H3,(H,51,56)(H,57,58)/b10-9+/t41-,44-/m0/s1. The van der Waals surface area contributed by atoms with Crippen molar-refractivity contribution < 1.29 is 23.9 Å². The highest BCUT2D eigenvalue weighted by Gasteiger charge is 2.41. The lowest BCUT2D eigenvalue weighted by molar-refractivity contribution is 0.0838. The quantitative estimate of drug-likeness (QED) is 0.0621. The van der Waals surface area contributed by atoms with Gasteiger partial charge in [0.1, 0.15) is 5.75 Å². The number of benzene rings is 4. The maximum absolute atomic E-state index is 13.2. The fraction of sp³-hybridized carbons (Fsp3) is 0.367. The first-order chi connectivity index (χ1) is 29.7. The van der Waals surface area contributed by atoms with Gasteiger partial charge >= 0.3 is 11.8 Å². The fourth-order valence-electron chi connectivity index (χ4n) is 8.85. The van der Waals surface area contributed by atoms with E-state index in [1.54, 1.807) is 21.6 Å². The van der Waals surface area contributed by atoms with E-state index in [0.29, 0.717) is 47.7 Å². The molecule has 3 aliphatic heterocycles. The Morgan fingerprint density at radius 1 is 1.02 bits per heavy atom. The number of aromatic nitrogens is 2. The highest BCUT2D eigenvalue weighted by molar-refractivity contribution is 6.74. The van der Waals surface area contributed by atoms with Crippen LogP contribution in [0.2, 0.25) is 18.1 Å². The molecule has 2 atom stereocenters. The third-order valence-corrected chi connectivity index (χ3v) is 17.8. The summed E-state index contributed by atoms with van der Waals surface area (Å²) in [4.78, 5) is 45.1. The van der Waals surface area contributed by atoms with Crippen molar-refractivity contribution in [3.8, 4) is 16.9 Å². The zero-order valence-electron chi connectivity index (χ0n) is 36.2. The van der Waals surface area contributed by atoms with E-state index >= 15 is 0 Å². The van der Waals surface area contributed by atoms with Crippen molar-refractivity contribution in [1.29, 1.82) is 0 Å². The van der Waals surface area contributed by atoms with Crippen LogP contribution in [-0.4, -0.2) is 77.8 Å². The summed E-state index contributed by atoms with van der Waals surface area (Å²) in [6, 6.07) is 28.3. The largest absolute Gasteiger partial charge is 0.506 e. The van der Waals surface area contributed by atoms with Crippen LogP contribution in [0.15, 0.2) is 111 Å². The zero-order chi connectivity index (χ0) is 43.8. The molecule has 3 saturated heterocycles. The Morgan fingerprint density at radius 3 is 2.50 bits per heavy atom. The molecular weight excluding hydrogens is 799 g/mol. The van der Waals surface area contributed by atoms with E-state index in [1.165, 1.54) is 6.07 Å². The summed E-state index contributed by atoms with van der Waals surface area (Å²) in [5.74, 6) is -0.116. The molecule has 0 spiro atoms. The fourth-order valence-corrected chi connectivity index (χ4v) is 10.1. The Bertz CT molecular complexity index is 2730. The summed E-state index contributed by atoms with van der Waals surface area (Å²) in [7, 11) is -2.23. The maximum Gasteiger partial charge on any atom is 0.420 e. The number of fused-ring (bicyclic) bond motifs is 5. The molecule has 3 fully saturated rings. The smallest absolute Gasteiger partial charge is 0.420 e. The molecule has 0 unspecified atom stereocenters. The van der Waals surface area contributed by atoms with E-state index in [9.17, 15) is 24.6 Å². The van der Waals surface area contributed by atoms with Crippen molar-refractivity contribution in [2.24, 2.45) is 5.92 Å². The van der Waals surface area contributed by atoms with Crippen LogP contribution in [0.25, 0.3) is 39.2 Å². The summed E-state index contributed by atoms with van der Waals surface area (Å²) >= 11 is 0. The summed E-state index contributed by atoms with van der Waals surface area (Å²) in [6.45, 7) is 15.2. The second-order valence-electron chi connectivity index (χ2n) is 18.3. The molecule has 4 aromatic carbocycles. The number of amides is 1. The first kappa shape index (κ1) is 42.9. The number of phenolic OH excluding ortho intramolecular Hbond substituents is 1. The van der Waals surface area contributed by atoms with Crippen LogP contribution in [0.4, 0.5) is 10.5 Å². The Hall–Kier alpha value is -5.73. The van der Waals surface area contributed by atoms with Crippen molar-refractivity contribution in [2.45, 2.75) is 76.9 Å². The number of pyridine rings is 1. The summed E-state index contributed by atoms with van der Waals surface area (Å²) < 4.78 is 14.3. The maximum atomic E-state index is 13.2. The Balaban J connectivity index is 0.970. The molecule has 13 heteroatoms. The number of phenols is 1. The number of H-pyrrole nitrogens is 1. The highest BCUT2D eigenvalue weighted by atomic mass is 28.4. The number of carbonyl (C=O) groups is 1. The van der Waals surface area contributed by atoms with Crippen molar-refractivity contribution >= 4 is 48.2 Å². The molecule has 62 heavy (non-hydrogen) atoms. The van der Waals surface area contributed by atoms with Crippen molar-refractivity contribution in [2.75, 3.05) is 37.6 Å². The molecule has 0 saturated carbocycles. The minimum Gasteiger partial charge on any atom is -0.506 e. The van der Waals surface area contributed by atoms with E-state index in [0.717, 1.165) is 65.7 Å². The molecule has 0 aliphatic carbocycles. The number of anilines is 1. The highest BCUT2D eigenvalue weighted by Crippen LogP contribution is 2.42. The van der Waals surface area contributed by atoms with Gasteiger partial charge in [0.2, 0.25) is 5.56 Å². The number of nitrogens with zero attached hydrogens (tertiary/aromatic N) is 3. The molecule has 2 aromatic heterocycles. The second-order valence-corrected chi connectivity index (χ2v) is 23.0. The van der Waals surface area contributed by atoms with E-state index in [2.05, 4.69) is 49.1 Å². The van der Waals surface area contributed by atoms with Crippen molar-refractivity contribution in [3.05, 3.63) is 135 Å². The summed E-state index contributed by atoms with van der Waals surface area (Å²) in [5.41, 5.74) is 6.54. The third kappa shape index (κ3) is 8.94. The van der Waals surface area contributed by atoms with Crippen LogP contribution in [0.5, 0.6) is 5.75 Å². The molecule has 324 valence electrons. The molecule has 9 rings (SSSR count). The molecule has 3 aliphatic rings. The van der Waals surface area contributed by atoms with Crippen LogP contribution < -0.4 is 21.5 Å². The lowest BCUT2D eigenvalue weighted by atomic mass is 9.82. The van der Waals surface area contributed by atoms with Gasteiger partial charge in [0.15, 0.2) is 13.9 Å². The van der Waals surface area contributed by atoms with Crippen LogP contribution in [0.3, 0.4) is 0 Å². The monoisotopic (exact) mass is 855 g/mol. The number of aromatic amines is 1. The lowest BCUT2D eigenvalue weighted by Crippen LogP contribution is -2.59. The Labute approximate surface area is 362 Å². The number of aromatic hydroxyl groups is 1. The minimum absolute atomic E-state index is 0.0129. The Kier molecular flexibility index (Phi) is 12.2. The molecule has 5 heterocycles. The predicted octanol–water partition coefficient (Wildman–Crippen LogP) is 9.00. The molecule has 2 bridgehead atoms. The van der Waals surface area contributed by atoms with Crippen LogP contribution in [0, 0.1) is 5.92 Å². The number of nitrogens with one attached hydrogen (secondary N) is 2. The SMILES string of the molecule is CC(C)(C)[Si](C)(C)O[C@@H](CNCCc1ccc2c(c1)oc(=O)n2C/C=C/c1ccc(-c2ccccc2)c(N(C(=O)O)[C@H]2CN3CCC2CC3)c1)c1ccc(O)c2[nH]c(=O)ccc12. The van der Waals surface area contributed by atoms with Gasteiger partial charge in [-0.3, -0.25) is 14.3 Å².